The molecule has 1 aromatic carbocycles. The van der Waals surface area contributed by atoms with Gasteiger partial charge in [-0.2, -0.15) is 5.10 Å². The van der Waals surface area contributed by atoms with Crippen molar-refractivity contribution in [1.29, 1.82) is 0 Å². The number of hydrogen-bond acceptors (Lipinski definition) is 5. The molecule has 0 aliphatic rings. The number of hydrazone groups is 1. The van der Waals surface area contributed by atoms with Crippen molar-refractivity contribution < 1.29 is 19.4 Å². The molecule has 0 saturated heterocycles. The minimum Gasteiger partial charge on any atom is -0.504 e. The van der Waals surface area contributed by atoms with Crippen LogP contribution < -0.4 is 15.5 Å². The summed E-state index contributed by atoms with van der Waals surface area (Å²) >= 11 is 0. The van der Waals surface area contributed by atoms with Crippen molar-refractivity contribution in [2.45, 2.75) is 78.1 Å². The van der Waals surface area contributed by atoms with Crippen LogP contribution >= 0.6 is 0 Å². The van der Waals surface area contributed by atoms with Crippen LogP contribution in [0.25, 0.3) is 0 Å². The lowest BCUT2D eigenvalue weighted by atomic mass is 10.1. The molecule has 0 saturated carbocycles. The van der Waals surface area contributed by atoms with Crippen LogP contribution in [0.1, 0.15) is 83.6 Å². The number of benzene rings is 1. The first-order valence-electron chi connectivity index (χ1n) is 11.1. The van der Waals surface area contributed by atoms with Gasteiger partial charge in [-0.1, -0.05) is 58.3 Å². The summed E-state index contributed by atoms with van der Waals surface area (Å²) in [6.07, 6.45) is 12.7. The maximum absolute atomic E-state index is 11.8. The molecule has 0 aliphatic carbocycles. The van der Waals surface area contributed by atoms with Gasteiger partial charge >= 0.3 is 0 Å². The van der Waals surface area contributed by atoms with E-state index in [0.717, 1.165) is 19.3 Å². The van der Waals surface area contributed by atoms with E-state index in [1.807, 2.05) is 6.92 Å². The minimum absolute atomic E-state index is 0.0488. The quantitative estimate of drug-likeness (QED) is 0.211. The first kappa shape index (κ1) is 25.5. The van der Waals surface area contributed by atoms with Crippen LogP contribution in [0.4, 0.5) is 0 Å². The van der Waals surface area contributed by atoms with Crippen molar-refractivity contribution in [1.82, 2.24) is 10.7 Å². The Kier molecular flexibility index (Phi) is 13.8. The molecule has 0 heterocycles. The van der Waals surface area contributed by atoms with E-state index in [4.69, 9.17) is 4.74 Å². The fourth-order valence-corrected chi connectivity index (χ4v) is 2.96. The number of hydrogen-bond donors (Lipinski definition) is 3. The number of aromatic hydroxyl groups is 1. The van der Waals surface area contributed by atoms with Crippen molar-refractivity contribution in [2.75, 3.05) is 13.2 Å². The van der Waals surface area contributed by atoms with Crippen molar-refractivity contribution in [3.63, 3.8) is 0 Å². The fourth-order valence-electron chi connectivity index (χ4n) is 2.96. The highest BCUT2D eigenvalue weighted by Crippen LogP contribution is 2.26. The normalized spacial score (nSPS) is 10.9. The van der Waals surface area contributed by atoms with Gasteiger partial charge in [0.25, 0.3) is 5.91 Å². The maximum Gasteiger partial charge on any atom is 0.259 e. The second-order valence-corrected chi connectivity index (χ2v) is 7.31. The molecule has 1 aromatic rings. The van der Waals surface area contributed by atoms with Gasteiger partial charge in [0.05, 0.1) is 19.4 Å². The average molecular weight is 420 g/mol. The third-order valence-corrected chi connectivity index (χ3v) is 4.64. The van der Waals surface area contributed by atoms with Crippen LogP contribution in [-0.2, 0) is 9.59 Å². The largest absolute Gasteiger partial charge is 0.504 e. The summed E-state index contributed by atoms with van der Waals surface area (Å²) in [7, 11) is 0. The Bertz CT molecular complexity index is 662. The number of unbranched alkanes of at least 4 members (excludes halogenated alkanes) is 8. The predicted octanol–water partition coefficient (Wildman–Crippen LogP) is 4.28. The molecule has 0 fully saturated rings. The summed E-state index contributed by atoms with van der Waals surface area (Å²) in [5.41, 5.74) is 3.04. The molecular weight excluding hydrogens is 382 g/mol. The maximum atomic E-state index is 11.8. The Labute approximate surface area is 180 Å². The van der Waals surface area contributed by atoms with Gasteiger partial charge in [0.15, 0.2) is 11.5 Å². The van der Waals surface area contributed by atoms with Gasteiger partial charge < -0.3 is 15.2 Å². The summed E-state index contributed by atoms with van der Waals surface area (Å²) in [6.45, 7) is 4.37. The molecule has 0 unspecified atom stereocenters. The zero-order chi connectivity index (χ0) is 22.0. The molecule has 0 aromatic heterocycles. The molecule has 168 valence electrons. The summed E-state index contributed by atoms with van der Waals surface area (Å²) < 4.78 is 5.30. The molecule has 7 heteroatoms. The number of phenols is 1. The second-order valence-electron chi connectivity index (χ2n) is 7.31. The fraction of sp³-hybridized carbons (Fsp3) is 0.609. The number of carbonyl (C=O) groups excluding carboxylic acids is 2. The van der Waals surface area contributed by atoms with E-state index in [1.54, 1.807) is 12.1 Å². The van der Waals surface area contributed by atoms with Gasteiger partial charge in [-0.05, 0) is 37.1 Å². The molecule has 0 bridgehead atoms. The molecular formula is C23H37N3O4. The number of rotatable bonds is 16. The van der Waals surface area contributed by atoms with E-state index in [-0.39, 0.29) is 18.2 Å². The first-order valence-corrected chi connectivity index (χ1v) is 11.1. The molecule has 7 nitrogen and oxygen atoms in total. The second kappa shape index (κ2) is 16.3. The average Bonchev–Trinajstić information content (AvgIpc) is 2.73. The van der Waals surface area contributed by atoms with Gasteiger partial charge in [0.2, 0.25) is 5.91 Å². The van der Waals surface area contributed by atoms with Crippen LogP contribution in [0.5, 0.6) is 11.5 Å². The topological polar surface area (TPSA) is 100 Å². The Morgan fingerprint density at radius 2 is 1.67 bits per heavy atom. The number of phenolic OH excluding ortho intramolecular Hbond substituents is 1. The lowest BCUT2D eigenvalue weighted by Crippen LogP contribution is -2.34. The van der Waals surface area contributed by atoms with Crippen LogP contribution in [0.2, 0.25) is 0 Å². The van der Waals surface area contributed by atoms with E-state index in [9.17, 15) is 14.7 Å². The van der Waals surface area contributed by atoms with Crippen LogP contribution in [0, 0.1) is 0 Å². The lowest BCUT2D eigenvalue weighted by Gasteiger charge is -2.06. The van der Waals surface area contributed by atoms with Gasteiger partial charge in [-0.15, -0.1) is 0 Å². The van der Waals surface area contributed by atoms with E-state index in [0.29, 0.717) is 24.3 Å². The van der Waals surface area contributed by atoms with Gasteiger partial charge in [0.1, 0.15) is 0 Å². The molecule has 0 spiro atoms. The van der Waals surface area contributed by atoms with Gasteiger partial charge in [0, 0.05) is 6.42 Å². The van der Waals surface area contributed by atoms with Crippen molar-refractivity contribution in [2.24, 2.45) is 5.10 Å². The van der Waals surface area contributed by atoms with Crippen LogP contribution in [-0.4, -0.2) is 36.3 Å². The molecule has 30 heavy (non-hydrogen) atoms. The number of amides is 2. The number of nitrogens with one attached hydrogen (secondary N) is 2. The summed E-state index contributed by atoms with van der Waals surface area (Å²) in [5, 5.41) is 16.1. The number of nitrogens with zero attached hydrogens (tertiary/aromatic N) is 1. The molecule has 0 atom stereocenters. The van der Waals surface area contributed by atoms with Crippen molar-refractivity contribution >= 4 is 18.0 Å². The highest BCUT2D eigenvalue weighted by Gasteiger charge is 2.05. The zero-order valence-electron chi connectivity index (χ0n) is 18.4. The minimum atomic E-state index is -0.393. The molecule has 0 radical (unpaired) electrons. The first-order chi connectivity index (χ1) is 14.6. The predicted molar refractivity (Wildman–Crippen MR) is 120 cm³/mol. The third-order valence-electron chi connectivity index (χ3n) is 4.64. The summed E-state index contributed by atoms with van der Waals surface area (Å²) in [4.78, 5) is 23.6. The number of carbonyl (C=O) groups is 2. The van der Waals surface area contributed by atoms with Crippen molar-refractivity contribution in [3.05, 3.63) is 23.8 Å². The summed E-state index contributed by atoms with van der Waals surface area (Å²) in [5.74, 6) is -0.100. The smallest absolute Gasteiger partial charge is 0.259 e. The van der Waals surface area contributed by atoms with Crippen molar-refractivity contribution in [3.8, 4) is 11.5 Å². The zero-order valence-corrected chi connectivity index (χ0v) is 18.4. The number of ether oxygens (including phenoxy) is 1. The van der Waals surface area contributed by atoms with E-state index >= 15 is 0 Å². The van der Waals surface area contributed by atoms with E-state index in [1.165, 1.54) is 50.8 Å². The highest BCUT2D eigenvalue weighted by molar-refractivity contribution is 5.86. The molecule has 3 N–H and O–H groups in total. The Balaban J connectivity index is 2.13. The third kappa shape index (κ3) is 12.1. The lowest BCUT2D eigenvalue weighted by molar-refractivity contribution is -0.126. The molecule has 1 rings (SSSR count). The molecule has 2 amide bonds. The summed E-state index contributed by atoms with van der Waals surface area (Å²) in [6, 6.07) is 4.78. The SMILES string of the molecule is CCCCCCCCCCCC(=O)NCC(=O)N/N=C/c1ccc(O)c(OCC)c1. The molecule has 0 aliphatic heterocycles. The van der Waals surface area contributed by atoms with Gasteiger partial charge in [-0.25, -0.2) is 5.43 Å². The van der Waals surface area contributed by atoms with Crippen LogP contribution in [0.3, 0.4) is 0 Å². The van der Waals surface area contributed by atoms with Crippen LogP contribution in [0.15, 0.2) is 23.3 Å². The van der Waals surface area contributed by atoms with E-state index < -0.39 is 5.91 Å². The standard InChI is InChI=1S/C23H37N3O4/c1-3-5-6-7-8-9-10-11-12-13-22(28)24-18-23(29)26-25-17-19-14-15-20(27)21(16-19)30-4-2/h14-17,27H,3-13,18H2,1-2H3,(H,24,28)(H,26,29)/b25-17+. The Morgan fingerprint density at radius 1 is 1.00 bits per heavy atom. The Hall–Kier alpha value is -2.57. The monoisotopic (exact) mass is 419 g/mol. The Morgan fingerprint density at radius 3 is 2.33 bits per heavy atom. The van der Waals surface area contributed by atoms with E-state index in [2.05, 4.69) is 22.8 Å². The highest BCUT2D eigenvalue weighted by atomic mass is 16.5. The van der Waals surface area contributed by atoms with Gasteiger partial charge in [-0.3, -0.25) is 9.59 Å².